The SMILES string of the molecule is COC1C(OP(=O)(O)OC(C)C)[C@@H](N(C)CP(=O)(O)O)O[C@H]1n1ccc(=O)[nH]c1=O. The van der Waals surface area contributed by atoms with Crippen molar-refractivity contribution in [2.45, 2.75) is 44.6 Å². The number of rotatable bonds is 9. The molecule has 1 fully saturated rings. The number of phosphoric ester groups is 1. The summed E-state index contributed by atoms with van der Waals surface area (Å²) < 4.78 is 45.9. The molecule has 16 heteroatoms. The monoisotopic (exact) mass is 473 g/mol. The Morgan fingerprint density at radius 3 is 2.40 bits per heavy atom. The molecule has 1 aliphatic heterocycles. The van der Waals surface area contributed by atoms with Crippen LogP contribution in [0.5, 0.6) is 0 Å². The number of nitrogens with one attached hydrogen (secondary N) is 1. The normalized spacial score (nSPS) is 27.0. The number of H-pyrrole nitrogens is 1. The number of ether oxygens (including phenoxy) is 2. The molecule has 0 spiro atoms. The molecule has 1 aromatic rings. The Morgan fingerprint density at radius 2 is 1.90 bits per heavy atom. The van der Waals surface area contributed by atoms with Gasteiger partial charge in [0.2, 0.25) is 0 Å². The lowest BCUT2D eigenvalue weighted by Gasteiger charge is -2.30. The molecule has 1 saturated heterocycles. The summed E-state index contributed by atoms with van der Waals surface area (Å²) in [7, 11) is -6.66. The first-order valence-corrected chi connectivity index (χ1v) is 12.0. The second kappa shape index (κ2) is 9.53. The molecule has 4 N–H and O–H groups in total. The van der Waals surface area contributed by atoms with Gasteiger partial charge >= 0.3 is 21.1 Å². The minimum atomic E-state index is -4.64. The summed E-state index contributed by atoms with van der Waals surface area (Å²) in [6, 6.07) is 1.05. The van der Waals surface area contributed by atoms with Gasteiger partial charge in [0.1, 0.15) is 24.7 Å². The van der Waals surface area contributed by atoms with E-state index in [2.05, 4.69) is 0 Å². The van der Waals surface area contributed by atoms with Crippen LogP contribution in [0.1, 0.15) is 20.1 Å². The summed E-state index contributed by atoms with van der Waals surface area (Å²) >= 11 is 0. The number of aromatic nitrogens is 2. The van der Waals surface area contributed by atoms with Crippen LogP contribution >= 0.6 is 15.4 Å². The van der Waals surface area contributed by atoms with E-state index < -0.39 is 63.7 Å². The smallest absolute Gasteiger partial charge is 0.374 e. The summed E-state index contributed by atoms with van der Waals surface area (Å²) in [5.74, 6) is 0. The zero-order chi connectivity index (χ0) is 22.9. The van der Waals surface area contributed by atoms with Gasteiger partial charge in [-0.2, -0.15) is 0 Å². The van der Waals surface area contributed by atoms with Crippen LogP contribution in [-0.2, 0) is 27.7 Å². The van der Waals surface area contributed by atoms with Crippen LogP contribution in [0.4, 0.5) is 0 Å². The van der Waals surface area contributed by atoms with E-state index in [9.17, 15) is 33.4 Å². The molecule has 1 aromatic heterocycles. The maximum absolute atomic E-state index is 12.4. The standard InChI is InChI=1S/C14H25N3O11P2/c1-8(2)27-30(23,24)28-11-10(25-4)13(17-6-5-9(18)15-14(17)19)26-12(11)16(3)7-29(20,21)22/h5-6,8,10-13H,7H2,1-4H3,(H,23,24)(H,15,18,19)(H2,20,21,22)/t10?,11?,12-,13+/m0/s1. The van der Waals surface area contributed by atoms with E-state index in [1.807, 2.05) is 4.98 Å². The van der Waals surface area contributed by atoms with E-state index in [0.717, 1.165) is 21.7 Å². The highest BCUT2D eigenvalue weighted by Gasteiger charge is 2.52. The first-order chi connectivity index (χ1) is 13.7. The number of hydrogen-bond acceptors (Lipinski definition) is 9. The number of hydrogen-bond donors (Lipinski definition) is 4. The van der Waals surface area contributed by atoms with Gasteiger partial charge < -0.3 is 24.2 Å². The fourth-order valence-electron chi connectivity index (χ4n) is 3.01. The number of methoxy groups -OCH3 is 1. The molecule has 30 heavy (non-hydrogen) atoms. The first kappa shape index (κ1) is 25.1. The van der Waals surface area contributed by atoms with Crippen LogP contribution in [0, 0.1) is 0 Å². The van der Waals surface area contributed by atoms with Crippen molar-refractivity contribution in [2.24, 2.45) is 0 Å². The summed E-state index contributed by atoms with van der Waals surface area (Å²) in [5.41, 5.74) is -1.51. The Hall–Kier alpha value is -1.18. The van der Waals surface area contributed by atoms with Crippen molar-refractivity contribution in [1.29, 1.82) is 0 Å². The third-order valence-corrected chi connectivity index (χ3v) is 6.02. The average molecular weight is 473 g/mol. The summed E-state index contributed by atoms with van der Waals surface area (Å²) in [6.45, 7) is 3.01. The lowest BCUT2D eigenvalue weighted by atomic mass is 10.2. The van der Waals surface area contributed by atoms with Gasteiger partial charge in [0.25, 0.3) is 5.56 Å². The van der Waals surface area contributed by atoms with Crippen molar-refractivity contribution in [3.63, 3.8) is 0 Å². The molecular formula is C14H25N3O11P2. The summed E-state index contributed by atoms with van der Waals surface area (Å²) in [4.78, 5) is 55.3. The molecule has 2 heterocycles. The number of likely N-dealkylation sites (N-methyl/N-ethyl adjacent to an activating group) is 1. The first-order valence-electron chi connectivity index (χ1n) is 8.68. The highest BCUT2D eigenvalue weighted by molar-refractivity contribution is 7.51. The molecule has 0 aliphatic carbocycles. The second-order valence-electron chi connectivity index (χ2n) is 6.89. The predicted molar refractivity (Wildman–Crippen MR) is 102 cm³/mol. The quantitative estimate of drug-likeness (QED) is 0.333. The van der Waals surface area contributed by atoms with Gasteiger partial charge in [-0.1, -0.05) is 0 Å². The van der Waals surface area contributed by atoms with E-state index in [1.165, 1.54) is 28.0 Å². The minimum absolute atomic E-state index is 0.656. The fraction of sp³-hybridized carbons (Fsp3) is 0.714. The van der Waals surface area contributed by atoms with Crippen LogP contribution in [0.25, 0.3) is 0 Å². The van der Waals surface area contributed by atoms with Crippen LogP contribution in [-0.4, -0.2) is 74.1 Å². The van der Waals surface area contributed by atoms with Gasteiger partial charge in [0.05, 0.1) is 6.10 Å². The maximum Gasteiger partial charge on any atom is 0.472 e. The maximum atomic E-state index is 12.4. The molecule has 0 bridgehead atoms. The van der Waals surface area contributed by atoms with Gasteiger partial charge in [0.15, 0.2) is 6.23 Å². The van der Waals surface area contributed by atoms with E-state index in [4.69, 9.17) is 18.5 Å². The molecule has 0 aromatic carbocycles. The summed E-state index contributed by atoms with van der Waals surface area (Å²) in [6.07, 6.45) is -5.48. The number of phosphoric acid groups is 1. The van der Waals surface area contributed by atoms with Crippen LogP contribution in [0.2, 0.25) is 0 Å². The predicted octanol–water partition coefficient (Wildman–Crippen LogP) is -0.616. The molecule has 0 amide bonds. The third-order valence-electron chi connectivity index (χ3n) is 4.00. The fourth-order valence-corrected chi connectivity index (χ4v) is 4.86. The molecular weight excluding hydrogens is 448 g/mol. The molecule has 172 valence electrons. The van der Waals surface area contributed by atoms with Gasteiger partial charge in [0, 0.05) is 19.4 Å². The molecule has 0 radical (unpaired) electrons. The largest absolute Gasteiger partial charge is 0.472 e. The zero-order valence-corrected chi connectivity index (χ0v) is 18.4. The number of aromatic amines is 1. The van der Waals surface area contributed by atoms with E-state index in [1.54, 1.807) is 0 Å². The third kappa shape index (κ3) is 6.41. The van der Waals surface area contributed by atoms with Crippen molar-refractivity contribution in [1.82, 2.24) is 14.5 Å². The Morgan fingerprint density at radius 1 is 1.27 bits per heavy atom. The van der Waals surface area contributed by atoms with Crippen molar-refractivity contribution >= 4 is 15.4 Å². The van der Waals surface area contributed by atoms with Gasteiger partial charge in [-0.3, -0.25) is 32.9 Å². The van der Waals surface area contributed by atoms with Gasteiger partial charge in [-0.05, 0) is 20.9 Å². The Kier molecular flexibility index (Phi) is 7.97. The molecule has 2 rings (SSSR count). The molecule has 14 nitrogen and oxygen atoms in total. The van der Waals surface area contributed by atoms with E-state index in [-0.39, 0.29) is 0 Å². The van der Waals surface area contributed by atoms with Crippen LogP contribution in [0.3, 0.4) is 0 Å². The van der Waals surface area contributed by atoms with Crippen LogP contribution in [0.15, 0.2) is 21.9 Å². The lowest BCUT2D eigenvalue weighted by molar-refractivity contribution is -0.0963. The highest BCUT2D eigenvalue weighted by Crippen LogP contribution is 2.50. The number of nitrogens with zero attached hydrogens (tertiary/aromatic N) is 2. The van der Waals surface area contributed by atoms with E-state index >= 15 is 0 Å². The van der Waals surface area contributed by atoms with E-state index in [0.29, 0.717) is 0 Å². The Bertz CT molecular complexity index is 942. The molecule has 3 unspecified atom stereocenters. The van der Waals surface area contributed by atoms with Crippen LogP contribution < -0.4 is 11.2 Å². The minimum Gasteiger partial charge on any atom is -0.374 e. The summed E-state index contributed by atoms with van der Waals surface area (Å²) in [5, 5.41) is 0. The second-order valence-corrected chi connectivity index (χ2v) is 9.86. The van der Waals surface area contributed by atoms with Crippen molar-refractivity contribution in [2.75, 3.05) is 20.4 Å². The highest BCUT2D eigenvalue weighted by atomic mass is 31.2. The van der Waals surface area contributed by atoms with Gasteiger partial charge in [-0.25, -0.2) is 9.36 Å². The molecule has 5 atom stereocenters. The van der Waals surface area contributed by atoms with Gasteiger partial charge in [-0.15, -0.1) is 0 Å². The lowest BCUT2D eigenvalue weighted by Crippen LogP contribution is -2.44. The Labute approximate surface area is 171 Å². The van der Waals surface area contributed by atoms with Crippen molar-refractivity contribution < 1.29 is 42.3 Å². The zero-order valence-electron chi connectivity index (χ0n) is 16.6. The topological polar surface area (TPSA) is 190 Å². The molecule has 0 saturated carbocycles. The van der Waals surface area contributed by atoms with Crippen molar-refractivity contribution in [3.05, 3.63) is 33.1 Å². The Balaban J connectivity index is 2.46. The average Bonchev–Trinajstić information content (AvgIpc) is 2.89. The molecule has 1 aliphatic rings. The van der Waals surface area contributed by atoms with Crippen molar-refractivity contribution in [3.8, 4) is 0 Å².